The van der Waals surface area contributed by atoms with Gasteiger partial charge in [0.1, 0.15) is 29.8 Å². The number of benzene rings is 1. The maximum atomic E-state index is 15.4. The number of rotatable bonds is 4. The minimum atomic E-state index is -1.71. The van der Waals surface area contributed by atoms with Crippen LogP contribution in [0, 0.1) is 18.7 Å². The maximum Gasteiger partial charge on any atom is 0.164 e. The van der Waals surface area contributed by atoms with Gasteiger partial charge in [0.05, 0.1) is 22.1 Å². The largest absolute Gasteiger partial charge is 0.489 e. The number of hydrogen-bond donors (Lipinski definition) is 3. The van der Waals surface area contributed by atoms with Gasteiger partial charge in [0.25, 0.3) is 0 Å². The first-order chi connectivity index (χ1) is 16.5. The molecule has 1 fully saturated rings. The van der Waals surface area contributed by atoms with Crippen molar-refractivity contribution in [3.63, 3.8) is 0 Å². The molecular formula is C24H30ClFN6O3. The van der Waals surface area contributed by atoms with Crippen molar-refractivity contribution in [1.82, 2.24) is 24.6 Å². The van der Waals surface area contributed by atoms with Gasteiger partial charge in [-0.05, 0) is 46.6 Å². The number of fused-ring (bicyclic) bond motifs is 2. The molecule has 3 heterocycles. The number of anilines is 1. The Bertz CT molecular complexity index is 1290. The van der Waals surface area contributed by atoms with Crippen LogP contribution in [0.4, 0.5) is 10.2 Å². The molecule has 0 radical (unpaired) electrons. The van der Waals surface area contributed by atoms with E-state index < -0.39 is 11.6 Å². The first-order valence-corrected chi connectivity index (χ1v) is 12.1. The van der Waals surface area contributed by atoms with E-state index >= 15 is 4.39 Å². The molecule has 188 valence electrons. The first-order valence-electron chi connectivity index (χ1n) is 11.8. The second-order valence-corrected chi connectivity index (χ2v) is 10.4. The van der Waals surface area contributed by atoms with Gasteiger partial charge in [-0.3, -0.25) is 4.90 Å². The normalized spacial score (nSPS) is 23.9. The summed E-state index contributed by atoms with van der Waals surface area (Å²) < 4.78 is 23.4. The summed E-state index contributed by atoms with van der Waals surface area (Å²) in [6.45, 7) is 8.02. The van der Waals surface area contributed by atoms with E-state index in [1.807, 2.05) is 20.8 Å². The fourth-order valence-electron chi connectivity index (χ4n) is 5.29. The van der Waals surface area contributed by atoms with E-state index in [0.717, 1.165) is 0 Å². The predicted molar refractivity (Wildman–Crippen MR) is 130 cm³/mol. The Morgan fingerprint density at radius 1 is 1.31 bits per heavy atom. The topological polar surface area (TPSA) is 123 Å². The summed E-state index contributed by atoms with van der Waals surface area (Å²) in [5, 5.41) is 25.2. The van der Waals surface area contributed by atoms with Gasteiger partial charge in [0, 0.05) is 36.2 Å². The SMILES string of the molecule is Cc1nn(C(C)c2cc(Cl)c(F)c3c2O[C@@H](C)CN(C2CC(C(C)(O)O)C2)C3)c2ncnc(N)c12. The number of halogens is 2. The lowest BCUT2D eigenvalue weighted by molar-refractivity contribution is -0.214. The van der Waals surface area contributed by atoms with Crippen LogP contribution in [-0.4, -0.2) is 59.3 Å². The molecular weight excluding hydrogens is 475 g/mol. The second kappa shape index (κ2) is 8.55. The molecule has 0 amide bonds. The molecule has 3 aromatic rings. The molecule has 1 aliphatic heterocycles. The first kappa shape index (κ1) is 24.2. The van der Waals surface area contributed by atoms with Crippen LogP contribution < -0.4 is 10.5 Å². The lowest BCUT2D eigenvalue weighted by Crippen LogP contribution is -2.53. The van der Waals surface area contributed by atoms with Crippen LogP contribution in [0.25, 0.3) is 11.0 Å². The summed E-state index contributed by atoms with van der Waals surface area (Å²) in [6, 6.07) is 1.33. The minimum absolute atomic E-state index is 0.0100. The smallest absolute Gasteiger partial charge is 0.164 e. The number of ether oxygens (including phenoxy) is 1. The van der Waals surface area contributed by atoms with Crippen molar-refractivity contribution in [1.29, 1.82) is 0 Å². The van der Waals surface area contributed by atoms with E-state index in [0.29, 0.717) is 65.4 Å². The molecule has 1 aliphatic carbocycles. The molecule has 9 nitrogen and oxygen atoms in total. The van der Waals surface area contributed by atoms with Crippen molar-refractivity contribution in [2.75, 3.05) is 12.3 Å². The van der Waals surface area contributed by atoms with Crippen LogP contribution in [0.3, 0.4) is 0 Å². The second-order valence-electron chi connectivity index (χ2n) is 10.0. The molecule has 0 bridgehead atoms. The zero-order valence-corrected chi connectivity index (χ0v) is 20.9. The number of nitrogen functional groups attached to an aromatic ring is 1. The molecule has 2 aliphatic rings. The summed E-state index contributed by atoms with van der Waals surface area (Å²) in [4.78, 5) is 10.6. The van der Waals surface area contributed by atoms with Crippen molar-refractivity contribution in [3.05, 3.63) is 40.1 Å². The number of aliphatic hydroxyl groups is 2. The summed E-state index contributed by atoms with van der Waals surface area (Å²) >= 11 is 6.39. The van der Waals surface area contributed by atoms with Crippen molar-refractivity contribution in [2.45, 2.75) is 71.1 Å². The highest BCUT2D eigenvalue weighted by molar-refractivity contribution is 6.31. The number of hydrogen-bond acceptors (Lipinski definition) is 8. The Labute approximate surface area is 207 Å². The van der Waals surface area contributed by atoms with E-state index in [4.69, 9.17) is 22.1 Å². The van der Waals surface area contributed by atoms with Gasteiger partial charge in [-0.15, -0.1) is 0 Å². The van der Waals surface area contributed by atoms with E-state index in [9.17, 15) is 10.2 Å². The average Bonchev–Trinajstić information content (AvgIpc) is 2.97. The van der Waals surface area contributed by atoms with Crippen molar-refractivity contribution >= 4 is 28.5 Å². The van der Waals surface area contributed by atoms with Gasteiger partial charge in [-0.25, -0.2) is 19.0 Å². The number of nitrogens with two attached hydrogens (primary N) is 1. The van der Waals surface area contributed by atoms with Crippen LogP contribution in [0.1, 0.15) is 56.5 Å². The Morgan fingerprint density at radius 2 is 2.03 bits per heavy atom. The third-order valence-electron chi connectivity index (χ3n) is 7.38. The fourth-order valence-corrected chi connectivity index (χ4v) is 5.52. The molecule has 0 saturated heterocycles. The molecule has 11 heteroatoms. The van der Waals surface area contributed by atoms with Crippen LogP contribution >= 0.6 is 11.6 Å². The number of nitrogens with zero attached hydrogens (tertiary/aromatic N) is 5. The Hall–Kier alpha value is -2.53. The van der Waals surface area contributed by atoms with Gasteiger partial charge in [0.2, 0.25) is 0 Å². The minimum Gasteiger partial charge on any atom is -0.489 e. The summed E-state index contributed by atoms with van der Waals surface area (Å²) in [6.07, 6.45) is 2.42. The lowest BCUT2D eigenvalue weighted by atomic mass is 9.74. The van der Waals surface area contributed by atoms with Gasteiger partial charge in [-0.2, -0.15) is 5.10 Å². The molecule has 0 spiro atoms. The standard InChI is InChI=1S/C24H30ClFN6O3/c1-11-8-31(15-5-14(6-15)24(4,33)34)9-17-20(26)18(25)7-16(21(17)35-11)13(3)32-23-19(12(2)30-32)22(27)28-10-29-23/h7,10-11,13-15,33-34H,5-6,8-9H2,1-4H3,(H2,27,28,29)/t11-,13?,14?,15?/m0/s1. The van der Waals surface area contributed by atoms with Gasteiger partial charge in [0.15, 0.2) is 11.4 Å². The monoisotopic (exact) mass is 504 g/mol. The van der Waals surface area contributed by atoms with E-state index in [2.05, 4.69) is 20.0 Å². The van der Waals surface area contributed by atoms with Crippen molar-refractivity contribution in [2.24, 2.45) is 5.92 Å². The van der Waals surface area contributed by atoms with Crippen LogP contribution in [0.2, 0.25) is 5.02 Å². The Balaban J connectivity index is 1.54. The molecule has 4 N–H and O–H groups in total. The van der Waals surface area contributed by atoms with Crippen molar-refractivity contribution in [3.8, 4) is 5.75 Å². The van der Waals surface area contributed by atoms with E-state index in [1.54, 1.807) is 10.7 Å². The summed E-state index contributed by atoms with van der Waals surface area (Å²) in [7, 11) is 0. The van der Waals surface area contributed by atoms with E-state index in [-0.39, 0.29) is 29.1 Å². The average molecular weight is 505 g/mol. The van der Waals surface area contributed by atoms with Crippen molar-refractivity contribution < 1.29 is 19.3 Å². The fraction of sp³-hybridized carbons (Fsp3) is 0.542. The summed E-state index contributed by atoms with van der Waals surface area (Å²) in [5.41, 5.74) is 8.44. The maximum absolute atomic E-state index is 15.4. The van der Waals surface area contributed by atoms with Gasteiger partial charge >= 0.3 is 0 Å². The highest BCUT2D eigenvalue weighted by atomic mass is 35.5. The molecule has 1 unspecified atom stereocenters. The van der Waals surface area contributed by atoms with Crippen LogP contribution in [0.5, 0.6) is 5.75 Å². The predicted octanol–water partition coefficient (Wildman–Crippen LogP) is 3.18. The van der Waals surface area contributed by atoms with Crippen LogP contribution in [0.15, 0.2) is 12.4 Å². The highest BCUT2D eigenvalue weighted by Gasteiger charge is 2.44. The molecule has 5 rings (SSSR count). The highest BCUT2D eigenvalue weighted by Crippen LogP contribution is 2.44. The third-order valence-corrected chi connectivity index (χ3v) is 7.65. The summed E-state index contributed by atoms with van der Waals surface area (Å²) in [5.74, 6) is -1.62. The van der Waals surface area contributed by atoms with Gasteiger partial charge < -0.3 is 20.7 Å². The molecule has 2 aromatic heterocycles. The van der Waals surface area contributed by atoms with Crippen LogP contribution in [-0.2, 0) is 6.54 Å². The third kappa shape index (κ3) is 4.12. The molecule has 1 saturated carbocycles. The quantitative estimate of drug-likeness (QED) is 0.463. The number of aryl methyl sites for hydroxylation is 1. The zero-order valence-electron chi connectivity index (χ0n) is 20.2. The molecule has 2 atom stereocenters. The Morgan fingerprint density at radius 3 is 2.71 bits per heavy atom. The Kier molecular flexibility index (Phi) is 5.90. The van der Waals surface area contributed by atoms with Gasteiger partial charge in [-0.1, -0.05) is 11.6 Å². The lowest BCUT2D eigenvalue weighted by Gasteiger charge is -2.46. The number of aromatic nitrogens is 4. The zero-order chi connectivity index (χ0) is 25.2. The molecule has 1 aromatic carbocycles. The molecule has 35 heavy (non-hydrogen) atoms. The van der Waals surface area contributed by atoms with E-state index in [1.165, 1.54) is 13.3 Å².